The summed E-state index contributed by atoms with van der Waals surface area (Å²) in [7, 11) is 2.20. The summed E-state index contributed by atoms with van der Waals surface area (Å²) in [5, 5.41) is 0.776. The summed E-state index contributed by atoms with van der Waals surface area (Å²) < 4.78 is 0. The second-order valence-electron chi connectivity index (χ2n) is 7.22. The number of likely N-dealkylation sites (N-methyl/N-ethyl adjacent to an activating group) is 1. The van der Waals surface area contributed by atoms with Crippen molar-refractivity contribution in [2.75, 3.05) is 46.3 Å². The largest absolute Gasteiger partial charge is 0.357 e. The zero-order valence-corrected chi connectivity index (χ0v) is 14.4. The van der Waals surface area contributed by atoms with Crippen LogP contribution in [0.2, 0.25) is 0 Å². The van der Waals surface area contributed by atoms with Crippen LogP contribution < -0.4 is 5.43 Å². The lowest BCUT2D eigenvalue weighted by Crippen LogP contribution is -2.49. The van der Waals surface area contributed by atoms with Gasteiger partial charge in [-0.2, -0.15) is 0 Å². The van der Waals surface area contributed by atoms with Crippen LogP contribution in [0.15, 0.2) is 35.1 Å². The first-order valence-electron chi connectivity index (χ1n) is 8.95. The maximum atomic E-state index is 12.3. The van der Waals surface area contributed by atoms with E-state index in [-0.39, 0.29) is 5.43 Å². The smallest absolute Gasteiger partial charge is 0.189 e. The highest BCUT2D eigenvalue weighted by Gasteiger charge is 2.29. The van der Waals surface area contributed by atoms with Gasteiger partial charge in [-0.3, -0.25) is 14.6 Å². The number of pyridine rings is 1. The summed E-state index contributed by atoms with van der Waals surface area (Å²) in [6.45, 7) is 7.78. The number of hydrogen-bond donors (Lipinski definition) is 1. The molecule has 3 heterocycles. The second kappa shape index (κ2) is 6.67. The summed E-state index contributed by atoms with van der Waals surface area (Å²) in [6, 6.07) is 10.2. The van der Waals surface area contributed by atoms with Gasteiger partial charge in [-0.05, 0) is 25.6 Å². The molecule has 2 aliphatic heterocycles. The molecule has 0 unspecified atom stereocenters. The number of nitrogens with one attached hydrogen (secondary N) is 1. The number of rotatable bonds is 3. The maximum Gasteiger partial charge on any atom is 0.189 e. The molecule has 0 amide bonds. The third kappa shape index (κ3) is 3.24. The average molecular weight is 326 g/mol. The van der Waals surface area contributed by atoms with E-state index < -0.39 is 0 Å². The van der Waals surface area contributed by atoms with E-state index in [0.717, 1.165) is 36.2 Å². The molecule has 4 rings (SSSR count). The van der Waals surface area contributed by atoms with Crippen molar-refractivity contribution in [1.29, 1.82) is 0 Å². The molecule has 0 aliphatic carbocycles. The van der Waals surface area contributed by atoms with Gasteiger partial charge in [0.25, 0.3) is 0 Å². The van der Waals surface area contributed by atoms with Crippen molar-refractivity contribution in [1.82, 2.24) is 19.7 Å². The second-order valence-corrected chi connectivity index (χ2v) is 7.22. The molecule has 5 heteroatoms. The van der Waals surface area contributed by atoms with Gasteiger partial charge in [0.05, 0.1) is 0 Å². The molecule has 0 bridgehead atoms. The Bertz CT molecular complexity index is 763. The summed E-state index contributed by atoms with van der Waals surface area (Å²) in [5.74, 6) is 0. The van der Waals surface area contributed by atoms with Crippen molar-refractivity contribution in [2.24, 2.45) is 0 Å². The summed E-state index contributed by atoms with van der Waals surface area (Å²) in [6.07, 6.45) is 1.24. The first-order valence-corrected chi connectivity index (χ1v) is 8.95. The molecular formula is C19H26N4O. The zero-order valence-electron chi connectivity index (χ0n) is 14.4. The van der Waals surface area contributed by atoms with Crippen LogP contribution in [0.1, 0.15) is 12.1 Å². The van der Waals surface area contributed by atoms with E-state index in [1.165, 1.54) is 32.6 Å². The zero-order chi connectivity index (χ0) is 16.5. The number of piperazine rings is 1. The van der Waals surface area contributed by atoms with E-state index in [1.54, 1.807) is 6.07 Å². The standard InChI is InChI=1S/C19H26N4O/c1-21-8-10-23(11-9-21)16-6-7-22(14-16)13-15-12-19(24)17-4-2-3-5-18(17)20-15/h2-5,12,16H,6-11,13-14H2,1H3,(H,20,24)/t16-/m0/s1. The molecule has 2 fully saturated rings. The highest BCUT2D eigenvalue weighted by Crippen LogP contribution is 2.19. The van der Waals surface area contributed by atoms with Crippen LogP contribution in [0.3, 0.4) is 0 Å². The molecule has 0 spiro atoms. The molecular weight excluding hydrogens is 300 g/mol. The fraction of sp³-hybridized carbons (Fsp3) is 0.526. The Morgan fingerprint density at radius 2 is 1.92 bits per heavy atom. The molecule has 1 atom stereocenters. The minimum absolute atomic E-state index is 0.120. The predicted molar refractivity (Wildman–Crippen MR) is 97.3 cm³/mol. The van der Waals surface area contributed by atoms with Crippen LogP contribution in [0.25, 0.3) is 10.9 Å². The first-order chi connectivity index (χ1) is 11.7. The number of H-pyrrole nitrogens is 1. The van der Waals surface area contributed by atoms with Crippen molar-refractivity contribution in [3.8, 4) is 0 Å². The molecule has 0 radical (unpaired) electrons. The van der Waals surface area contributed by atoms with Gasteiger partial charge in [-0.1, -0.05) is 12.1 Å². The summed E-state index contributed by atoms with van der Waals surface area (Å²) >= 11 is 0. The molecule has 1 aromatic heterocycles. The summed E-state index contributed by atoms with van der Waals surface area (Å²) in [4.78, 5) is 23.2. The number of para-hydroxylation sites is 1. The van der Waals surface area contributed by atoms with Crippen LogP contribution in [-0.2, 0) is 6.54 Å². The van der Waals surface area contributed by atoms with Gasteiger partial charge in [-0.15, -0.1) is 0 Å². The summed E-state index contributed by atoms with van der Waals surface area (Å²) in [5.41, 5.74) is 2.08. The van der Waals surface area contributed by atoms with Gasteiger partial charge in [0.2, 0.25) is 0 Å². The van der Waals surface area contributed by atoms with E-state index in [2.05, 4.69) is 26.7 Å². The number of benzene rings is 1. The molecule has 0 saturated carbocycles. The van der Waals surface area contributed by atoms with E-state index in [0.29, 0.717) is 6.04 Å². The molecule has 5 nitrogen and oxygen atoms in total. The van der Waals surface area contributed by atoms with Crippen molar-refractivity contribution < 1.29 is 0 Å². The molecule has 128 valence electrons. The highest BCUT2D eigenvalue weighted by molar-refractivity contribution is 5.78. The number of likely N-dealkylation sites (tertiary alicyclic amines) is 1. The third-order valence-electron chi connectivity index (χ3n) is 5.49. The number of fused-ring (bicyclic) bond motifs is 1. The molecule has 2 aromatic rings. The number of aromatic amines is 1. The lowest BCUT2D eigenvalue weighted by molar-refractivity contribution is 0.112. The molecule has 1 N–H and O–H groups in total. The highest BCUT2D eigenvalue weighted by atomic mass is 16.1. The molecule has 1 aromatic carbocycles. The minimum atomic E-state index is 0.120. The maximum absolute atomic E-state index is 12.3. The Labute approximate surface area is 142 Å². The van der Waals surface area contributed by atoms with E-state index in [4.69, 9.17) is 0 Å². The fourth-order valence-corrected chi connectivity index (χ4v) is 4.02. The molecule has 24 heavy (non-hydrogen) atoms. The van der Waals surface area contributed by atoms with Gasteiger partial charge in [-0.25, -0.2) is 0 Å². The van der Waals surface area contributed by atoms with Gasteiger partial charge < -0.3 is 9.88 Å². The topological polar surface area (TPSA) is 42.6 Å². The van der Waals surface area contributed by atoms with Crippen LogP contribution >= 0.6 is 0 Å². The first kappa shape index (κ1) is 15.8. The Morgan fingerprint density at radius 1 is 1.12 bits per heavy atom. The van der Waals surface area contributed by atoms with Crippen molar-refractivity contribution >= 4 is 10.9 Å². The Balaban J connectivity index is 1.42. The molecule has 2 saturated heterocycles. The normalized spacial score (nSPS) is 24.0. The van der Waals surface area contributed by atoms with E-state index in [9.17, 15) is 4.79 Å². The Kier molecular flexibility index (Phi) is 4.39. The minimum Gasteiger partial charge on any atom is -0.357 e. The predicted octanol–water partition coefficient (Wildman–Crippen LogP) is 1.35. The Morgan fingerprint density at radius 3 is 2.75 bits per heavy atom. The van der Waals surface area contributed by atoms with Gasteiger partial charge in [0, 0.05) is 74.5 Å². The van der Waals surface area contributed by atoms with Crippen LogP contribution in [0.4, 0.5) is 0 Å². The van der Waals surface area contributed by atoms with Crippen molar-refractivity contribution in [2.45, 2.75) is 19.0 Å². The SMILES string of the molecule is CN1CCN([C@H]2CCN(Cc3cc(=O)c4ccccc4[nH]3)C2)CC1. The monoisotopic (exact) mass is 326 g/mol. The fourth-order valence-electron chi connectivity index (χ4n) is 4.02. The van der Waals surface area contributed by atoms with E-state index in [1.807, 2.05) is 24.3 Å². The quantitative estimate of drug-likeness (QED) is 0.925. The van der Waals surface area contributed by atoms with Gasteiger partial charge in [0.15, 0.2) is 5.43 Å². The van der Waals surface area contributed by atoms with Crippen molar-refractivity contribution in [3.05, 3.63) is 46.2 Å². The lowest BCUT2D eigenvalue weighted by Gasteiger charge is -2.36. The van der Waals surface area contributed by atoms with Gasteiger partial charge in [0.1, 0.15) is 0 Å². The van der Waals surface area contributed by atoms with Crippen LogP contribution in [0.5, 0.6) is 0 Å². The van der Waals surface area contributed by atoms with Crippen molar-refractivity contribution in [3.63, 3.8) is 0 Å². The van der Waals surface area contributed by atoms with E-state index >= 15 is 0 Å². The Hall–Kier alpha value is -1.69. The van der Waals surface area contributed by atoms with Crippen LogP contribution in [0, 0.1) is 0 Å². The number of nitrogens with zero attached hydrogens (tertiary/aromatic N) is 3. The lowest BCUT2D eigenvalue weighted by atomic mass is 10.2. The third-order valence-corrected chi connectivity index (χ3v) is 5.49. The average Bonchev–Trinajstić information content (AvgIpc) is 3.04. The van der Waals surface area contributed by atoms with Crippen LogP contribution in [-0.4, -0.2) is 72.0 Å². The number of hydrogen-bond acceptors (Lipinski definition) is 4. The van der Waals surface area contributed by atoms with Gasteiger partial charge >= 0.3 is 0 Å². The molecule has 2 aliphatic rings. The number of aromatic nitrogens is 1.